The SMILES string of the molecule is COc1ccc(OC)c(C(=O)CSc2nnc(COc3ccc(F)cc3)o2)c1. The van der Waals surface area contributed by atoms with E-state index in [-0.39, 0.29) is 35.1 Å². The number of carbonyl (C=O) groups is 1. The zero-order valence-electron chi connectivity index (χ0n) is 15.2. The molecule has 0 unspecified atom stereocenters. The van der Waals surface area contributed by atoms with Crippen molar-refractivity contribution in [1.29, 1.82) is 0 Å². The summed E-state index contributed by atoms with van der Waals surface area (Å²) in [6, 6.07) is 10.6. The lowest BCUT2D eigenvalue weighted by Gasteiger charge is -2.08. The highest BCUT2D eigenvalue weighted by Gasteiger charge is 2.16. The van der Waals surface area contributed by atoms with Gasteiger partial charge in [0.05, 0.1) is 25.5 Å². The summed E-state index contributed by atoms with van der Waals surface area (Å²) in [6.45, 7) is 0.0385. The Morgan fingerprint density at radius 3 is 2.54 bits per heavy atom. The van der Waals surface area contributed by atoms with Gasteiger partial charge in [-0.1, -0.05) is 11.8 Å². The molecule has 2 aromatic carbocycles. The molecule has 0 aliphatic heterocycles. The molecule has 0 fully saturated rings. The smallest absolute Gasteiger partial charge is 0.277 e. The first-order valence-electron chi connectivity index (χ1n) is 8.18. The fourth-order valence-corrected chi connectivity index (χ4v) is 2.93. The van der Waals surface area contributed by atoms with Crippen LogP contribution < -0.4 is 14.2 Å². The van der Waals surface area contributed by atoms with Gasteiger partial charge in [-0.2, -0.15) is 0 Å². The number of benzene rings is 2. The van der Waals surface area contributed by atoms with Crippen molar-refractivity contribution in [2.45, 2.75) is 11.8 Å². The summed E-state index contributed by atoms with van der Waals surface area (Å²) in [4.78, 5) is 12.5. The van der Waals surface area contributed by atoms with Gasteiger partial charge in [-0.15, -0.1) is 10.2 Å². The summed E-state index contributed by atoms with van der Waals surface area (Å²) in [5, 5.41) is 7.99. The molecule has 3 aromatic rings. The Labute approximate surface area is 164 Å². The summed E-state index contributed by atoms with van der Waals surface area (Å²) >= 11 is 1.11. The van der Waals surface area contributed by atoms with E-state index in [1.54, 1.807) is 18.2 Å². The van der Waals surface area contributed by atoms with Gasteiger partial charge in [0.1, 0.15) is 23.1 Å². The summed E-state index contributed by atoms with van der Waals surface area (Å²) in [7, 11) is 3.02. The number of hydrogen-bond donors (Lipinski definition) is 0. The number of carbonyl (C=O) groups excluding carboxylic acids is 1. The zero-order chi connectivity index (χ0) is 19.9. The molecule has 146 valence electrons. The molecule has 9 heteroatoms. The van der Waals surface area contributed by atoms with E-state index < -0.39 is 0 Å². The summed E-state index contributed by atoms with van der Waals surface area (Å²) < 4.78 is 34.1. The number of hydrogen-bond acceptors (Lipinski definition) is 8. The molecule has 0 saturated heterocycles. The van der Waals surface area contributed by atoms with Crippen molar-refractivity contribution < 1.29 is 27.8 Å². The molecule has 0 saturated carbocycles. The fourth-order valence-electron chi connectivity index (χ4n) is 2.27. The van der Waals surface area contributed by atoms with Crippen molar-refractivity contribution in [3.63, 3.8) is 0 Å². The topological polar surface area (TPSA) is 83.7 Å². The molecule has 0 bridgehead atoms. The number of methoxy groups -OCH3 is 2. The van der Waals surface area contributed by atoms with E-state index in [0.717, 1.165) is 11.8 Å². The number of halogens is 1. The second-order valence-electron chi connectivity index (χ2n) is 5.48. The first-order chi connectivity index (χ1) is 13.6. The third kappa shape index (κ3) is 5.01. The molecule has 1 aromatic heterocycles. The lowest BCUT2D eigenvalue weighted by Crippen LogP contribution is -2.05. The Hall–Kier alpha value is -3.07. The molecule has 1 heterocycles. The van der Waals surface area contributed by atoms with E-state index in [1.165, 1.54) is 38.5 Å². The summed E-state index contributed by atoms with van der Waals surface area (Å²) in [5.41, 5.74) is 0.411. The van der Waals surface area contributed by atoms with E-state index in [4.69, 9.17) is 18.6 Å². The number of rotatable bonds is 9. The number of Topliss-reactive ketones (excluding diaryl/α,β-unsaturated/α-hetero) is 1. The highest BCUT2D eigenvalue weighted by atomic mass is 32.2. The molecule has 7 nitrogen and oxygen atoms in total. The number of ketones is 1. The first-order valence-corrected chi connectivity index (χ1v) is 9.16. The largest absolute Gasteiger partial charge is 0.497 e. The Balaban J connectivity index is 1.56. The van der Waals surface area contributed by atoms with E-state index in [2.05, 4.69) is 10.2 Å². The molecule has 0 N–H and O–H groups in total. The van der Waals surface area contributed by atoms with E-state index >= 15 is 0 Å². The minimum Gasteiger partial charge on any atom is -0.497 e. The molecule has 0 spiro atoms. The summed E-state index contributed by atoms with van der Waals surface area (Å²) in [6.07, 6.45) is 0. The van der Waals surface area contributed by atoms with Crippen LogP contribution >= 0.6 is 11.8 Å². The van der Waals surface area contributed by atoms with Gasteiger partial charge in [0.2, 0.25) is 0 Å². The van der Waals surface area contributed by atoms with Crippen LogP contribution in [-0.4, -0.2) is 36.0 Å². The Bertz CT molecular complexity index is 946. The van der Waals surface area contributed by atoms with Crippen LogP contribution in [0, 0.1) is 5.82 Å². The van der Waals surface area contributed by atoms with Crippen LogP contribution in [0.2, 0.25) is 0 Å². The second-order valence-corrected chi connectivity index (χ2v) is 6.41. The van der Waals surface area contributed by atoms with E-state index in [9.17, 15) is 9.18 Å². The van der Waals surface area contributed by atoms with Gasteiger partial charge >= 0.3 is 0 Å². The lowest BCUT2D eigenvalue weighted by atomic mass is 10.1. The van der Waals surface area contributed by atoms with Gasteiger partial charge in [0.15, 0.2) is 12.4 Å². The minimum absolute atomic E-state index is 0.0385. The van der Waals surface area contributed by atoms with E-state index in [0.29, 0.717) is 22.8 Å². The quantitative estimate of drug-likeness (QED) is 0.394. The van der Waals surface area contributed by atoms with Crippen LogP contribution in [0.15, 0.2) is 52.1 Å². The Morgan fingerprint density at radius 2 is 1.82 bits per heavy atom. The third-order valence-electron chi connectivity index (χ3n) is 3.66. The van der Waals surface area contributed by atoms with Crippen molar-refractivity contribution in [1.82, 2.24) is 10.2 Å². The highest BCUT2D eigenvalue weighted by Crippen LogP contribution is 2.27. The standard InChI is InChI=1S/C19H17FN2O5S/c1-24-14-7-8-17(25-2)15(9-14)16(23)11-28-19-22-21-18(27-19)10-26-13-5-3-12(20)4-6-13/h3-9H,10-11H2,1-2H3. The molecule has 3 rings (SSSR count). The van der Waals surface area contributed by atoms with E-state index in [1.807, 2.05) is 0 Å². The van der Waals surface area contributed by atoms with Crippen molar-refractivity contribution in [2.24, 2.45) is 0 Å². The van der Waals surface area contributed by atoms with Gasteiger partial charge in [0.25, 0.3) is 11.1 Å². The maximum absolute atomic E-state index is 12.9. The molecular formula is C19H17FN2O5S. The highest BCUT2D eigenvalue weighted by molar-refractivity contribution is 7.99. The van der Waals surface area contributed by atoms with Crippen molar-refractivity contribution >= 4 is 17.5 Å². The monoisotopic (exact) mass is 404 g/mol. The van der Waals surface area contributed by atoms with Crippen molar-refractivity contribution in [3.8, 4) is 17.2 Å². The fraction of sp³-hybridized carbons (Fsp3) is 0.211. The average Bonchev–Trinajstić information content (AvgIpc) is 3.19. The molecule has 0 amide bonds. The predicted molar refractivity (Wildman–Crippen MR) is 99.6 cm³/mol. The Morgan fingerprint density at radius 1 is 1.07 bits per heavy atom. The summed E-state index contributed by atoms with van der Waals surface area (Å²) in [5.74, 6) is 1.33. The van der Waals surface area contributed by atoms with Crippen LogP contribution in [0.3, 0.4) is 0 Å². The van der Waals surface area contributed by atoms with Gasteiger partial charge in [-0.05, 0) is 42.5 Å². The van der Waals surface area contributed by atoms with Crippen molar-refractivity contribution in [2.75, 3.05) is 20.0 Å². The number of ether oxygens (including phenoxy) is 3. The van der Waals surface area contributed by atoms with Crippen LogP contribution in [0.4, 0.5) is 4.39 Å². The van der Waals surface area contributed by atoms with Gasteiger partial charge in [-0.25, -0.2) is 4.39 Å². The first kappa shape index (κ1) is 19.7. The van der Waals surface area contributed by atoms with Gasteiger partial charge < -0.3 is 18.6 Å². The number of aromatic nitrogens is 2. The lowest BCUT2D eigenvalue weighted by molar-refractivity contribution is 0.101. The normalized spacial score (nSPS) is 10.5. The Kier molecular flexibility index (Phi) is 6.49. The molecule has 0 aliphatic rings. The minimum atomic E-state index is -0.346. The molecule has 0 atom stereocenters. The maximum Gasteiger partial charge on any atom is 0.277 e. The number of nitrogens with zero attached hydrogens (tertiary/aromatic N) is 2. The van der Waals surface area contributed by atoms with Crippen LogP contribution in [0.1, 0.15) is 16.2 Å². The van der Waals surface area contributed by atoms with Gasteiger partial charge in [-0.3, -0.25) is 4.79 Å². The van der Waals surface area contributed by atoms with Crippen LogP contribution in [0.25, 0.3) is 0 Å². The number of thioether (sulfide) groups is 1. The molecule has 0 aliphatic carbocycles. The maximum atomic E-state index is 12.9. The molecule has 28 heavy (non-hydrogen) atoms. The predicted octanol–water partition coefficient (Wildman–Crippen LogP) is 3.78. The van der Waals surface area contributed by atoms with Crippen LogP contribution in [-0.2, 0) is 6.61 Å². The average molecular weight is 404 g/mol. The zero-order valence-corrected chi connectivity index (χ0v) is 16.0. The van der Waals surface area contributed by atoms with Crippen molar-refractivity contribution in [3.05, 3.63) is 59.7 Å². The third-order valence-corrected chi connectivity index (χ3v) is 4.48. The molecular weight excluding hydrogens is 387 g/mol. The van der Waals surface area contributed by atoms with Gasteiger partial charge in [0, 0.05) is 0 Å². The second kappa shape index (κ2) is 9.23. The molecule has 0 radical (unpaired) electrons. The van der Waals surface area contributed by atoms with Crippen LogP contribution in [0.5, 0.6) is 17.2 Å².